The zero-order valence-electron chi connectivity index (χ0n) is 18.3. The highest BCUT2D eigenvalue weighted by Crippen LogP contribution is 2.39. The van der Waals surface area contributed by atoms with E-state index in [9.17, 15) is 9.90 Å². The lowest BCUT2D eigenvalue weighted by Crippen LogP contribution is -2.37. The number of benzene rings is 2. The third-order valence-electron chi connectivity index (χ3n) is 6.53. The Hall–Kier alpha value is -2.06. The van der Waals surface area contributed by atoms with Crippen molar-refractivity contribution in [3.05, 3.63) is 62.6 Å². The number of aliphatic hydroxyl groups excluding tert-OH is 1. The average Bonchev–Trinajstić information content (AvgIpc) is 3.45. The number of β-amino-alcohol motifs (C(OH)–C–C–N with tert-alkyl or cyclic N) is 1. The first-order valence-corrected chi connectivity index (χ1v) is 12.5. The number of halogens is 1. The molecular weight excluding hydrogens is 486 g/mol. The summed E-state index contributed by atoms with van der Waals surface area (Å²) in [5.41, 5.74) is 7.08. The van der Waals surface area contributed by atoms with Gasteiger partial charge in [0, 0.05) is 28.0 Å². The van der Waals surface area contributed by atoms with Gasteiger partial charge in [-0.25, -0.2) is 4.98 Å². The molecule has 2 aliphatic rings. The highest BCUT2D eigenvalue weighted by molar-refractivity contribution is 9.10. The summed E-state index contributed by atoms with van der Waals surface area (Å²) in [6.07, 6.45) is 0.454. The van der Waals surface area contributed by atoms with E-state index >= 15 is 0 Å². The number of rotatable bonds is 4. The molecule has 0 spiro atoms. The van der Waals surface area contributed by atoms with Crippen LogP contribution in [-0.4, -0.2) is 51.5 Å². The van der Waals surface area contributed by atoms with Crippen LogP contribution < -0.4 is 0 Å². The molecule has 3 aromatic rings. The summed E-state index contributed by atoms with van der Waals surface area (Å²) in [7, 11) is 0. The minimum absolute atomic E-state index is 0.120. The van der Waals surface area contributed by atoms with Crippen molar-refractivity contribution in [3.63, 3.8) is 0 Å². The van der Waals surface area contributed by atoms with Crippen molar-refractivity contribution < 1.29 is 9.90 Å². The summed E-state index contributed by atoms with van der Waals surface area (Å²) in [4.78, 5) is 22.8. The van der Waals surface area contributed by atoms with Gasteiger partial charge in [-0.15, -0.1) is 11.3 Å². The third kappa shape index (κ3) is 4.03. The van der Waals surface area contributed by atoms with Crippen molar-refractivity contribution in [3.8, 4) is 21.7 Å². The Morgan fingerprint density at radius 1 is 1.12 bits per heavy atom. The second kappa shape index (κ2) is 8.71. The third-order valence-corrected chi connectivity index (χ3v) is 8.51. The number of carbonyl (C=O) groups excluding carboxylic acids is 1. The van der Waals surface area contributed by atoms with Crippen LogP contribution in [0, 0.1) is 13.8 Å². The van der Waals surface area contributed by atoms with E-state index in [1.165, 1.54) is 27.1 Å². The second-order valence-electron chi connectivity index (χ2n) is 8.71. The van der Waals surface area contributed by atoms with Crippen molar-refractivity contribution in [2.24, 2.45) is 0 Å². The van der Waals surface area contributed by atoms with Crippen LogP contribution in [0.1, 0.15) is 28.1 Å². The summed E-state index contributed by atoms with van der Waals surface area (Å²) in [6.45, 7) is 7.27. The molecule has 32 heavy (non-hydrogen) atoms. The van der Waals surface area contributed by atoms with Gasteiger partial charge < -0.3 is 10.0 Å². The molecule has 166 valence electrons. The van der Waals surface area contributed by atoms with Crippen molar-refractivity contribution in [1.82, 2.24) is 14.8 Å². The van der Waals surface area contributed by atoms with E-state index in [2.05, 4.69) is 66.2 Å². The van der Waals surface area contributed by atoms with Gasteiger partial charge in [0.1, 0.15) is 5.01 Å². The smallest absolute Gasteiger partial charge is 0.237 e. The molecule has 2 aromatic carbocycles. The average molecular weight is 512 g/mol. The topological polar surface area (TPSA) is 56.7 Å². The number of hydrogen-bond acceptors (Lipinski definition) is 5. The number of aromatic nitrogens is 1. The van der Waals surface area contributed by atoms with Crippen LogP contribution in [0.4, 0.5) is 0 Å². The Labute approximate surface area is 200 Å². The lowest BCUT2D eigenvalue weighted by Gasteiger charge is -2.20. The van der Waals surface area contributed by atoms with E-state index in [-0.39, 0.29) is 12.0 Å². The van der Waals surface area contributed by atoms with Crippen LogP contribution in [0.2, 0.25) is 0 Å². The molecule has 3 heterocycles. The van der Waals surface area contributed by atoms with Crippen molar-refractivity contribution >= 4 is 33.2 Å². The first-order chi connectivity index (χ1) is 15.4. The summed E-state index contributed by atoms with van der Waals surface area (Å²) < 4.78 is 1.11. The zero-order valence-corrected chi connectivity index (χ0v) is 20.7. The first-order valence-electron chi connectivity index (χ1n) is 10.9. The van der Waals surface area contributed by atoms with E-state index in [0.717, 1.165) is 33.7 Å². The van der Waals surface area contributed by atoms with Crippen molar-refractivity contribution in [2.75, 3.05) is 19.6 Å². The van der Waals surface area contributed by atoms with Gasteiger partial charge in [0.05, 0.1) is 31.4 Å². The van der Waals surface area contributed by atoms with Crippen LogP contribution in [0.25, 0.3) is 21.7 Å². The molecule has 2 aliphatic heterocycles. The molecule has 0 bridgehead atoms. The molecule has 1 amide bonds. The van der Waals surface area contributed by atoms with Gasteiger partial charge >= 0.3 is 0 Å². The molecule has 1 atom stereocenters. The van der Waals surface area contributed by atoms with Crippen LogP contribution in [0.3, 0.4) is 0 Å². The minimum Gasteiger partial charge on any atom is -0.392 e. The van der Waals surface area contributed by atoms with E-state index in [4.69, 9.17) is 4.98 Å². The Kier molecular flexibility index (Phi) is 5.92. The van der Waals surface area contributed by atoms with Crippen LogP contribution in [0.15, 0.2) is 40.9 Å². The van der Waals surface area contributed by atoms with Crippen LogP contribution in [0.5, 0.6) is 0 Å². The van der Waals surface area contributed by atoms with Crippen molar-refractivity contribution in [2.45, 2.75) is 39.5 Å². The Balaban J connectivity index is 1.35. The first kappa shape index (κ1) is 21.8. The fourth-order valence-corrected chi connectivity index (χ4v) is 6.17. The van der Waals surface area contributed by atoms with E-state index in [1.54, 1.807) is 11.3 Å². The molecule has 0 saturated carbocycles. The molecule has 7 heteroatoms. The number of nitrogens with zero attached hydrogens (tertiary/aromatic N) is 3. The van der Waals surface area contributed by atoms with E-state index in [0.29, 0.717) is 26.2 Å². The molecule has 0 aliphatic carbocycles. The quantitative estimate of drug-likeness (QED) is 0.548. The highest BCUT2D eigenvalue weighted by atomic mass is 79.9. The molecule has 1 saturated heterocycles. The maximum absolute atomic E-state index is 12.7. The highest BCUT2D eigenvalue weighted by Gasteiger charge is 2.30. The van der Waals surface area contributed by atoms with E-state index < -0.39 is 0 Å². The molecule has 1 N–H and O–H groups in total. The number of thiazole rings is 1. The molecule has 0 radical (unpaired) electrons. The van der Waals surface area contributed by atoms with Crippen LogP contribution >= 0.6 is 27.3 Å². The van der Waals surface area contributed by atoms with Gasteiger partial charge in [-0.3, -0.25) is 9.69 Å². The Morgan fingerprint density at radius 2 is 1.84 bits per heavy atom. The van der Waals surface area contributed by atoms with Gasteiger partial charge in [-0.1, -0.05) is 46.3 Å². The number of carbonyl (C=O) groups is 1. The number of amides is 1. The Morgan fingerprint density at radius 3 is 2.56 bits per heavy atom. The summed E-state index contributed by atoms with van der Waals surface area (Å²) >= 11 is 5.35. The number of aliphatic hydroxyl groups is 1. The fraction of sp³-hybridized carbons (Fsp3) is 0.360. The van der Waals surface area contributed by atoms with Gasteiger partial charge in [0.15, 0.2) is 0 Å². The summed E-state index contributed by atoms with van der Waals surface area (Å²) in [5.74, 6) is 0.120. The van der Waals surface area contributed by atoms with Gasteiger partial charge in [0.25, 0.3) is 0 Å². The van der Waals surface area contributed by atoms with Gasteiger partial charge in [-0.2, -0.15) is 0 Å². The molecular formula is C25H26BrN3O2S. The van der Waals surface area contributed by atoms with Gasteiger partial charge in [0.2, 0.25) is 5.91 Å². The molecule has 0 unspecified atom stereocenters. The SMILES string of the molecule is Cc1c(Br)cccc1-c1cccc(-c2nc3c(s2)CN(C(=O)CN2CC[C@@H](O)C2)C3)c1C. The molecule has 5 rings (SSSR count). The predicted octanol–water partition coefficient (Wildman–Crippen LogP) is 4.77. The number of hydrogen-bond donors (Lipinski definition) is 1. The largest absolute Gasteiger partial charge is 0.392 e. The number of likely N-dealkylation sites (tertiary alicyclic amines) is 1. The maximum atomic E-state index is 12.7. The lowest BCUT2D eigenvalue weighted by molar-refractivity contribution is -0.132. The normalized spacial score (nSPS) is 18.4. The standard InChI is InChI=1S/C25H26BrN3O2S/c1-15-18(19-6-4-8-21(26)16(19)2)5-3-7-20(15)25-27-22-12-29(13-23(22)32-25)24(31)14-28-10-9-17(30)11-28/h3-8,17,30H,9-14H2,1-2H3/t17-/m1/s1. The van der Waals surface area contributed by atoms with E-state index in [1.807, 2.05) is 9.80 Å². The fourth-order valence-electron chi connectivity index (χ4n) is 4.64. The lowest BCUT2D eigenvalue weighted by atomic mass is 9.94. The minimum atomic E-state index is -0.299. The maximum Gasteiger partial charge on any atom is 0.237 e. The second-order valence-corrected chi connectivity index (χ2v) is 10.6. The Bertz CT molecular complexity index is 1170. The monoisotopic (exact) mass is 511 g/mol. The van der Waals surface area contributed by atoms with Gasteiger partial charge in [-0.05, 0) is 48.6 Å². The number of fused-ring (bicyclic) bond motifs is 1. The van der Waals surface area contributed by atoms with Crippen LogP contribution in [-0.2, 0) is 17.9 Å². The molecule has 5 nitrogen and oxygen atoms in total. The predicted molar refractivity (Wildman–Crippen MR) is 131 cm³/mol. The van der Waals surface area contributed by atoms with Crippen molar-refractivity contribution in [1.29, 1.82) is 0 Å². The summed E-state index contributed by atoms with van der Waals surface area (Å²) in [6, 6.07) is 12.7. The molecule has 1 fully saturated rings. The zero-order chi connectivity index (χ0) is 22.4. The summed E-state index contributed by atoms with van der Waals surface area (Å²) in [5, 5.41) is 10.7. The molecule has 1 aromatic heterocycles.